The minimum Gasteiger partial charge on any atom is -0.480 e. The summed E-state index contributed by atoms with van der Waals surface area (Å²) in [5.41, 5.74) is 5.26. The number of carbonyl (C=O) groups excluding carboxylic acids is 2. The molecule has 4 N–H and O–H groups in total. The van der Waals surface area contributed by atoms with Crippen molar-refractivity contribution in [2.45, 2.75) is 0 Å². The Labute approximate surface area is 127 Å². The summed E-state index contributed by atoms with van der Waals surface area (Å²) in [6.07, 6.45) is 0. The van der Waals surface area contributed by atoms with E-state index in [1.165, 1.54) is 6.07 Å². The maximum atomic E-state index is 11.9. The number of aliphatic carboxylic acids is 1. The number of carboxylic acids is 1. The molecule has 0 unspecified atom stereocenters. The van der Waals surface area contributed by atoms with Crippen LogP contribution in [0.25, 0.3) is 0 Å². The molecule has 0 radical (unpaired) electrons. The number of hydrogen-bond acceptors (Lipinski definition) is 3. The first kappa shape index (κ1) is 16.3. The lowest BCUT2D eigenvalue weighted by molar-refractivity contribution is -0.137. The number of halogens is 2. The molecule has 0 aliphatic carbocycles. The van der Waals surface area contributed by atoms with Crippen molar-refractivity contribution < 1.29 is 19.5 Å². The Hall–Kier alpha value is -1.80. The number of nitrogens with one attached hydrogen (secondary N) is 1. The van der Waals surface area contributed by atoms with Gasteiger partial charge < -0.3 is 21.1 Å². The lowest BCUT2D eigenvalue weighted by Gasteiger charge is -2.20. The van der Waals surface area contributed by atoms with Gasteiger partial charge >= 0.3 is 12.0 Å². The standard InChI is InChI=1S/C11H11BrClN3O4/c12-6-1-2-8(7(13)3-6)15-11(20)16(4-9(14)17)5-10(18)19/h1-3H,4-5H2,(H2,14,17)(H,15,20)(H,18,19). The van der Waals surface area contributed by atoms with Crippen LogP contribution in [-0.2, 0) is 9.59 Å². The second-order valence-electron chi connectivity index (χ2n) is 3.77. The number of urea groups is 1. The van der Waals surface area contributed by atoms with Crippen LogP contribution in [-0.4, -0.2) is 41.0 Å². The van der Waals surface area contributed by atoms with Crippen molar-refractivity contribution in [3.63, 3.8) is 0 Å². The van der Waals surface area contributed by atoms with Crippen LogP contribution in [0.15, 0.2) is 22.7 Å². The highest BCUT2D eigenvalue weighted by Crippen LogP contribution is 2.25. The average Bonchev–Trinajstić information content (AvgIpc) is 2.30. The van der Waals surface area contributed by atoms with Crippen molar-refractivity contribution in [2.24, 2.45) is 5.73 Å². The minimum absolute atomic E-state index is 0.266. The second kappa shape index (κ2) is 7.11. The van der Waals surface area contributed by atoms with E-state index < -0.39 is 31.0 Å². The summed E-state index contributed by atoms with van der Waals surface area (Å²) >= 11 is 9.13. The van der Waals surface area contributed by atoms with Crippen LogP contribution in [0, 0.1) is 0 Å². The van der Waals surface area contributed by atoms with Crippen LogP contribution in [0.4, 0.5) is 10.5 Å². The number of primary amides is 1. The molecule has 1 aromatic carbocycles. The zero-order chi connectivity index (χ0) is 15.3. The first-order valence-corrected chi connectivity index (χ1v) is 6.47. The largest absolute Gasteiger partial charge is 0.480 e. The van der Waals surface area contributed by atoms with E-state index in [2.05, 4.69) is 21.2 Å². The Bertz CT molecular complexity index is 536. The van der Waals surface area contributed by atoms with Gasteiger partial charge in [0.05, 0.1) is 10.7 Å². The molecule has 0 spiro atoms. The van der Waals surface area contributed by atoms with Gasteiger partial charge in [-0.2, -0.15) is 0 Å². The summed E-state index contributed by atoms with van der Waals surface area (Å²) in [5.74, 6) is -2.08. The normalized spacial score (nSPS) is 9.90. The summed E-state index contributed by atoms with van der Waals surface area (Å²) < 4.78 is 0.722. The van der Waals surface area contributed by atoms with E-state index in [-0.39, 0.29) is 5.02 Å². The van der Waals surface area contributed by atoms with Gasteiger partial charge in [0.15, 0.2) is 0 Å². The SMILES string of the molecule is NC(=O)CN(CC(=O)O)C(=O)Nc1ccc(Br)cc1Cl. The molecule has 9 heteroatoms. The van der Waals surface area contributed by atoms with Crippen LogP contribution in [0.5, 0.6) is 0 Å². The van der Waals surface area contributed by atoms with Crippen LogP contribution < -0.4 is 11.1 Å². The molecule has 0 saturated heterocycles. The number of nitrogens with two attached hydrogens (primary N) is 1. The predicted molar refractivity (Wildman–Crippen MR) is 76.6 cm³/mol. The summed E-state index contributed by atoms with van der Waals surface area (Å²) in [6, 6.07) is 3.97. The number of carbonyl (C=O) groups is 3. The van der Waals surface area contributed by atoms with E-state index in [1.807, 2.05) is 0 Å². The molecule has 0 fully saturated rings. The molecule has 3 amide bonds. The van der Waals surface area contributed by atoms with E-state index in [9.17, 15) is 14.4 Å². The number of amides is 3. The maximum absolute atomic E-state index is 11.9. The highest BCUT2D eigenvalue weighted by Gasteiger charge is 2.19. The summed E-state index contributed by atoms with van der Waals surface area (Å²) in [4.78, 5) is 34.1. The molecule has 0 atom stereocenters. The Morgan fingerprint density at radius 3 is 2.50 bits per heavy atom. The third-order valence-electron chi connectivity index (χ3n) is 2.13. The second-order valence-corrected chi connectivity index (χ2v) is 5.09. The number of carboxylic acid groups (broad SMARTS) is 1. The minimum atomic E-state index is -1.26. The van der Waals surface area contributed by atoms with Crippen molar-refractivity contribution in [1.29, 1.82) is 0 Å². The van der Waals surface area contributed by atoms with Crippen molar-refractivity contribution in [3.05, 3.63) is 27.7 Å². The fourth-order valence-corrected chi connectivity index (χ4v) is 2.06. The van der Waals surface area contributed by atoms with Crippen LogP contribution in [0.1, 0.15) is 0 Å². The molecule has 20 heavy (non-hydrogen) atoms. The molecule has 0 bridgehead atoms. The Kier molecular flexibility index (Phi) is 5.78. The third-order valence-corrected chi connectivity index (χ3v) is 2.94. The molecule has 0 aliphatic rings. The monoisotopic (exact) mass is 363 g/mol. The third kappa shape index (κ3) is 5.06. The number of hydrogen-bond donors (Lipinski definition) is 3. The first-order chi connectivity index (χ1) is 9.29. The molecular formula is C11H11BrClN3O4. The molecule has 1 rings (SSSR count). The van der Waals surface area contributed by atoms with E-state index in [0.29, 0.717) is 5.69 Å². The molecular weight excluding hydrogens is 353 g/mol. The molecule has 108 valence electrons. The van der Waals surface area contributed by atoms with Crippen molar-refractivity contribution >= 4 is 51.1 Å². The van der Waals surface area contributed by atoms with Crippen LogP contribution >= 0.6 is 27.5 Å². The number of rotatable bonds is 5. The lowest BCUT2D eigenvalue weighted by Crippen LogP contribution is -2.43. The fraction of sp³-hybridized carbons (Fsp3) is 0.182. The van der Waals surface area contributed by atoms with Crippen LogP contribution in [0.3, 0.4) is 0 Å². The van der Waals surface area contributed by atoms with Gasteiger partial charge in [-0.1, -0.05) is 27.5 Å². The molecule has 0 aromatic heterocycles. The average molecular weight is 365 g/mol. The van der Waals surface area contributed by atoms with E-state index in [1.54, 1.807) is 12.1 Å². The Balaban J connectivity index is 2.84. The topological polar surface area (TPSA) is 113 Å². The molecule has 0 saturated carbocycles. The zero-order valence-corrected chi connectivity index (χ0v) is 12.4. The van der Waals surface area contributed by atoms with Gasteiger partial charge in [-0.3, -0.25) is 9.59 Å². The number of benzene rings is 1. The van der Waals surface area contributed by atoms with Gasteiger partial charge in [-0.25, -0.2) is 4.79 Å². The Morgan fingerprint density at radius 1 is 1.35 bits per heavy atom. The lowest BCUT2D eigenvalue weighted by atomic mass is 10.3. The molecule has 0 heterocycles. The number of anilines is 1. The van der Waals surface area contributed by atoms with Gasteiger partial charge in [-0.05, 0) is 18.2 Å². The van der Waals surface area contributed by atoms with Crippen LogP contribution in [0.2, 0.25) is 5.02 Å². The van der Waals surface area contributed by atoms with Crippen molar-refractivity contribution in [1.82, 2.24) is 4.90 Å². The molecule has 1 aromatic rings. The molecule has 0 aliphatic heterocycles. The first-order valence-electron chi connectivity index (χ1n) is 5.30. The summed E-state index contributed by atoms with van der Waals surface area (Å²) in [6.45, 7) is -1.16. The Morgan fingerprint density at radius 2 is 2.00 bits per heavy atom. The zero-order valence-electron chi connectivity index (χ0n) is 10.1. The number of nitrogens with zero attached hydrogens (tertiary/aromatic N) is 1. The highest BCUT2D eigenvalue weighted by atomic mass is 79.9. The maximum Gasteiger partial charge on any atom is 0.323 e. The van der Waals surface area contributed by atoms with Crippen molar-refractivity contribution in [3.8, 4) is 0 Å². The summed E-state index contributed by atoms with van der Waals surface area (Å²) in [7, 11) is 0. The molecule has 7 nitrogen and oxygen atoms in total. The van der Waals surface area contributed by atoms with E-state index >= 15 is 0 Å². The smallest absolute Gasteiger partial charge is 0.323 e. The van der Waals surface area contributed by atoms with Gasteiger partial charge in [0.2, 0.25) is 5.91 Å². The van der Waals surface area contributed by atoms with E-state index in [0.717, 1.165) is 9.37 Å². The van der Waals surface area contributed by atoms with Gasteiger partial charge in [0.25, 0.3) is 0 Å². The van der Waals surface area contributed by atoms with Gasteiger partial charge in [0.1, 0.15) is 13.1 Å². The quantitative estimate of drug-likeness (QED) is 0.735. The van der Waals surface area contributed by atoms with Crippen molar-refractivity contribution in [2.75, 3.05) is 18.4 Å². The summed E-state index contributed by atoms with van der Waals surface area (Å²) in [5, 5.41) is 11.4. The highest BCUT2D eigenvalue weighted by molar-refractivity contribution is 9.10. The fourth-order valence-electron chi connectivity index (χ4n) is 1.34. The predicted octanol–water partition coefficient (Wildman–Crippen LogP) is 1.51. The van der Waals surface area contributed by atoms with Gasteiger partial charge in [0, 0.05) is 4.47 Å². The van der Waals surface area contributed by atoms with E-state index in [4.69, 9.17) is 22.4 Å². The van der Waals surface area contributed by atoms with Gasteiger partial charge in [-0.15, -0.1) is 0 Å².